The van der Waals surface area contributed by atoms with Crippen LogP contribution in [0, 0.1) is 0 Å². The van der Waals surface area contributed by atoms with E-state index in [1.165, 1.54) is 0 Å². The number of nitrogens with one attached hydrogen (secondary N) is 1. The van der Waals surface area contributed by atoms with Gasteiger partial charge >= 0.3 is 0 Å². The molecule has 2 heterocycles. The maximum Gasteiger partial charge on any atom is 0.168 e. The van der Waals surface area contributed by atoms with Crippen molar-refractivity contribution in [3.05, 3.63) is 36.0 Å². The van der Waals surface area contributed by atoms with Crippen LogP contribution in [0.1, 0.15) is 18.4 Å². The molecule has 0 spiro atoms. The van der Waals surface area contributed by atoms with Crippen molar-refractivity contribution in [3.63, 3.8) is 0 Å². The smallest absolute Gasteiger partial charge is 0.168 e. The van der Waals surface area contributed by atoms with Gasteiger partial charge in [0.1, 0.15) is 11.5 Å². The fraction of sp³-hybridized carbons (Fsp3) is 0.417. The minimum absolute atomic E-state index is 0.795. The Hall–Kier alpha value is -1.20. The van der Waals surface area contributed by atoms with Crippen LogP contribution >= 0.6 is 11.8 Å². The molecule has 17 heavy (non-hydrogen) atoms. The average molecular weight is 251 g/mol. The minimum atomic E-state index is 0.795. The van der Waals surface area contributed by atoms with Crippen molar-refractivity contribution in [1.29, 1.82) is 0 Å². The number of imidazole rings is 1. The van der Waals surface area contributed by atoms with Crippen molar-refractivity contribution in [2.45, 2.75) is 24.4 Å². The molecule has 0 atom stereocenters. The lowest BCUT2D eigenvalue weighted by Crippen LogP contribution is -2.10. The van der Waals surface area contributed by atoms with Crippen LogP contribution in [0.4, 0.5) is 0 Å². The van der Waals surface area contributed by atoms with Crippen LogP contribution in [0.15, 0.2) is 34.1 Å². The Morgan fingerprint density at radius 2 is 2.24 bits per heavy atom. The number of thioether (sulfide) groups is 1. The van der Waals surface area contributed by atoms with Crippen LogP contribution < -0.4 is 5.32 Å². The highest BCUT2D eigenvalue weighted by Gasteiger charge is 2.05. The topological polar surface area (TPSA) is 43.0 Å². The lowest BCUT2D eigenvalue weighted by Gasteiger charge is -2.00. The lowest BCUT2D eigenvalue weighted by atomic mass is 10.4. The predicted molar refractivity (Wildman–Crippen MR) is 68.9 cm³/mol. The van der Waals surface area contributed by atoms with Gasteiger partial charge in [0.2, 0.25) is 0 Å². The van der Waals surface area contributed by atoms with E-state index < -0.39 is 0 Å². The first-order valence-corrected chi connectivity index (χ1v) is 6.66. The van der Waals surface area contributed by atoms with Crippen LogP contribution in [-0.4, -0.2) is 16.1 Å². The number of hydrogen-bond acceptors (Lipinski definition) is 4. The molecule has 0 radical (unpaired) electrons. The average Bonchev–Trinajstić information content (AvgIpc) is 2.93. The molecule has 0 fully saturated rings. The summed E-state index contributed by atoms with van der Waals surface area (Å²) in [7, 11) is 1.99. The normalized spacial score (nSPS) is 10.9. The number of aromatic nitrogens is 2. The van der Waals surface area contributed by atoms with Crippen LogP contribution in [0.5, 0.6) is 0 Å². The zero-order chi connectivity index (χ0) is 12.1. The number of nitrogens with zero attached hydrogens (tertiary/aromatic N) is 2. The molecular formula is C12H17N3OS. The SMILES string of the molecule is CCNCc1ccc(CSc2nccn2C)o1. The Kier molecular flexibility index (Phi) is 4.28. The number of furan rings is 1. The molecule has 0 saturated heterocycles. The van der Waals surface area contributed by atoms with Crippen LogP contribution in [0.25, 0.3) is 0 Å². The van der Waals surface area contributed by atoms with Crippen molar-refractivity contribution in [2.75, 3.05) is 6.54 Å². The van der Waals surface area contributed by atoms with Crippen LogP contribution in [0.3, 0.4) is 0 Å². The van der Waals surface area contributed by atoms with E-state index in [0.29, 0.717) is 0 Å². The monoisotopic (exact) mass is 251 g/mol. The summed E-state index contributed by atoms with van der Waals surface area (Å²) < 4.78 is 7.71. The van der Waals surface area contributed by atoms with Crippen LogP contribution in [0.2, 0.25) is 0 Å². The summed E-state index contributed by atoms with van der Waals surface area (Å²) in [5.74, 6) is 2.80. The van der Waals surface area contributed by atoms with Crippen molar-refractivity contribution in [1.82, 2.24) is 14.9 Å². The highest BCUT2D eigenvalue weighted by molar-refractivity contribution is 7.98. The van der Waals surface area contributed by atoms with Gasteiger partial charge in [-0.2, -0.15) is 0 Å². The maximum absolute atomic E-state index is 5.70. The minimum Gasteiger partial charge on any atom is -0.464 e. The summed E-state index contributed by atoms with van der Waals surface area (Å²) in [5, 5.41) is 4.25. The Morgan fingerprint density at radius 3 is 2.94 bits per heavy atom. The molecule has 2 rings (SSSR count). The first-order valence-electron chi connectivity index (χ1n) is 5.68. The molecule has 0 unspecified atom stereocenters. The Bertz CT molecular complexity index is 464. The second kappa shape index (κ2) is 5.93. The van der Waals surface area contributed by atoms with E-state index in [0.717, 1.165) is 35.5 Å². The van der Waals surface area contributed by atoms with Crippen molar-refractivity contribution in [2.24, 2.45) is 7.05 Å². The summed E-state index contributed by atoms with van der Waals surface area (Å²) in [6.45, 7) is 3.84. The van der Waals surface area contributed by atoms with Crippen LogP contribution in [-0.2, 0) is 19.3 Å². The quantitative estimate of drug-likeness (QED) is 0.801. The summed E-state index contributed by atoms with van der Waals surface area (Å²) in [6, 6.07) is 4.06. The second-order valence-electron chi connectivity index (χ2n) is 3.76. The molecular weight excluding hydrogens is 234 g/mol. The molecule has 0 aliphatic carbocycles. The second-order valence-corrected chi connectivity index (χ2v) is 4.70. The molecule has 0 bridgehead atoms. The standard InChI is InChI=1S/C12H17N3OS/c1-3-13-8-10-4-5-11(16-10)9-17-12-14-6-7-15(12)2/h4-7,13H,3,8-9H2,1-2H3. The summed E-state index contributed by atoms with van der Waals surface area (Å²) in [5.41, 5.74) is 0. The third-order valence-corrected chi connectivity index (χ3v) is 3.47. The van der Waals surface area contributed by atoms with Gasteiger partial charge in [0.25, 0.3) is 0 Å². The van der Waals surface area contributed by atoms with Crippen molar-refractivity contribution >= 4 is 11.8 Å². The Balaban J connectivity index is 1.87. The first-order chi connectivity index (χ1) is 8.29. The lowest BCUT2D eigenvalue weighted by molar-refractivity contribution is 0.462. The Labute approximate surface area is 105 Å². The number of hydrogen-bond donors (Lipinski definition) is 1. The molecule has 0 aliphatic heterocycles. The number of aryl methyl sites for hydroxylation is 1. The molecule has 0 aliphatic rings. The van der Waals surface area contributed by atoms with Gasteiger partial charge in [-0.1, -0.05) is 18.7 Å². The third kappa shape index (κ3) is 3.38. The molecule has 92 valence electrons. The molecule has 0 saturated carbocycles. The Morgan fingerprint density at radius 1 is 1.41 bits per heavy atom. The highest BCUT2D eigenvalue weighted by atomic mass is 32.2. The van der Waals surface area contributed by atoms with E-state index in [9.17, 15) is 0 Å². The van der Waals surface area contributed by atoms with E-state index in [2.05, 4.69) is 17.2 Å². The zero-order valence-electron chi connectivity index (χ0n) is 10.1. The molecule has 2 aromatic rings. The van der Waals surface area contributed by atoms with Gasteiger partial charge in [0.15, 0.2) is 5.16 Å². The predicted octanol–water partition coefficient (Wildman–Crippen LogP) is 2.41. The van der Waals surface area contributed by atoms with Gasteiger partial charge in [0.05, 0.1) is 12.3 Å². The van der Waals surface area contributed by atoms with Gasteiger partial charge < -0.3 is 14.3 Å². The van der Waals surface area contributed by atoms with Gasteiger partial charge in [-0.25, -0.2) is 4.98 Å². The molecule has 4 nitrogen and oxygen atoms in total. The maximum atomic E-state index is 5.70. The third-order valence-electron chi connectivity index (χ3n) is 2.39. The van der Waals surface area contributed by atoms with E-state index in [4.69, 9.17) is 4.42 Å². The number of rotatable bonds is 6. The van der Waals surface area contributed by atoms with Gasteiger partial charge in [-0.3, -0.25) is 0 Å². The fourth-order valence-corrected chi connectivity index (χ4v) is 2.30. The molecule has 2 aromatic heterocycles. The summed E-state index contributed by atoms with van der Waals surface area (Å²) in [4.78, 5) is 4.26. The summed E-state index contributed by atoms with van der Waals surface area (Å²) >= 11 is 1.68. The molecule has 5 heteroatoms. The summed E-state index contributed by atoms with van der Waals surface area (Å²) in [6.07, 6.45) is 3.75. The van der Waals surface area contributed by atoms with E-state index >= 15 is 0 Å². The van der Waals surface area contributed by atoms with Gasteiger partial charge in [-0.05, 0) is 18.7 Å². The first kappa shape index (κ1) is 12.3. The highest BCUT2D eigenvalue weighted by Crippen LogP contribution is 2.21. The molecule has 1 N–H and O–H groups in total. The van der Waals surface area contributed by atoms with Gasteiger partial charge in [0, 0.05) is 19.4 Å². The molecule has 0 aromatic carbocycles. The van der Waals surface area contributed by atoms with Gasteiger partial charge in [-0.15, -0.1) is 0 Å². The fourth-order valence-electron chi connectivity index (χ4n) is 1.47. The van der Waals surface area contributed by atoms with E-state index in [1.54, 1.807) is 18.0 Å². The van der Waals surface area contributed by atoms with Crippen molar-refractivity contribution < 1.29 is 4.42 Å². The van der Waals surface area contributed by atoms with E-state index in [1.807, 2.05) is 29.9 Å². The zero-order valence-corrected chi connectivity index (χ0v) is 11.0. The van der Waals surface area contributed by atoms with E-state index in [-0.39, 0.29) is 0 Å². The largest absolute Gasteiger partial charge is 0.464 e. The van der Waals surface area contributed by atoms with Crippen molar-refractivity contribution in [3.8, 4) is 0 Å². The molecule has 0 amide bonds.